The fraction of sp³-hybridized carbons (Fsp3) is 0.533. The highest BCUT2D eigenvalue weighted by molar-refractivity contribution is 7.99. The van der Waals surface area contributed by atoms with Crippen LogP contribution in [0.1, 0.15) is 24.4 Å². The number of thioether (sulfide) groups is 1. The summed E-state index contributed by atoms with van der Waals surface area (Å²) in [6.45, 7) is 0. The quantitative estimate of drug-likeness (QED) is 0.703. The van der Waals surface area contributed by atoms with Crippen molar-refractivity contribution in [2.24, 2.45) is 5.92 Å². The van der Waals surface area contributed by atoms with Gasteiger partial charge in [0.25, 0.3) is 0 Å². The second-order valence-electron chi connectivity index (χ2n) is 5.56. The zero-order chi connectivity index (χ0) is 17.0. The van der Waals surface area contributed by atoms with Crippen molar-refractivity contribution in [1.82, 2.24) is 5.32 Å². The zero-order valence-corrected chi connectivity index (χ0v) is 13.0. The molecule has 0 aromatic heterocycles. The largest absolute Gasteiger partial charge is 0.480 e. The van der Waals surface area contributed by atoms with E-state index in [1.54, 1.807) is 0 Å². The second kappa shape index (κ2) is 7.53. The summed E-state index contributed by atoms with van der Waals surface area (Å²) in [5.41, 5.74) is -0.211. The standard InChI is InChI=1S/C15H17F4NO2S/c16-11-5-3-10(4-6-11)13(15(17,18)19)20-12(14(21)22)8-23-7-9-1-2-9/h3-6,9,12-13,20H,1-2,7-8H2,(H,21,22)/t12-,13?/m0/s1. The molecule has 0 bridgehead atoms. The van der Waals surface area contributed by atoms with E-state index < -0.39 is 30.0 Å². The lowest BCUT2D eigenvalue weighted by Gasteiger charge is -2.25. The van der Waals surface area contributed by atoms with Crippen molar-refractivity contribution < 1.29 is 27.5 Å². The number of alkyl halides is 3. The Labute approximate surface area is 135 Å². The van der Waals surface area contributed by atoms with Gasteiger partial charge in [-0.05, 0) is 42.2 Å². The van der Waals surface area contributed by atoms with Gasteiger partial charge >= 0.3 is 12.1 Å². The normalized spacial score (nSPS) is 17.7. The minimum absolute atomic E-state index is 0.0552. The Morgan fingerprint density at radius 2 is 1.91 bits per heavy atom. The topological polar surface area (TPSA) is 49.3 Å². The summed E-state index contributed by atoms with van der Waals surface area (Å²) in [6, 6.07) is 0.398. The van der Waals surface area contributed by atoms with Crippen LogP contribution in [0.4, 0.5) is 17.6 Å². The molecule has 1 saturated carbocycles. The molecule has 23 heavy (non-hydrogen) atoms. The first kappa shape index (κ1) is 18.1. The van der Waals surface area contributed by atoms with Crippen LogP contribution in [0.5, 0.6) is 0 Å². The van der Waals surface area contributed by atoms with E-state index in [2.05, 4.69) is 5.32 Å². The third-order valence-corrected chi connectivity index (χ3v) is 4.81. The van der Waals surface area contributed by atoms with Crippen LogP contribution in [0.25, 0.3) is 0 Å². The summed E-state index contributed by atoms with van der Waals surface area (Å²) in [4.78, 5) is 11.2. The summed E-state index contributed by atoms with van der Waals surface area (Å²) in [6.07, 6.45) is -2.48. The van der Waals surface area contributed by atoms with Crippen molar-refractivity contribution in [1.29, 1.82) is 0 Å². The van der Waals surface area contributed by atoms with Gasteiger partial charge in [-0.25, -0.2) is 4.39 Å². The molecule has 0 amide bonds. The predicted octanol–water partition coefficient (Wildman–Crippen LogP) is 3.62. The van der Waals surface area contributed by atoms with Gasteiger partial charge < -0.3 is 5.11 Å². The van der Waals surface area contributed by atoms with E-state index >= 15 is 0 Å². The summed E-state index contributed by atoms with van der Waals surface area (Å²) < 4.78 is 52.6. The molecule has 3 nitrogen and oxygen atoms in total. The maximum atomic E-state index is 13.2. The van der Waals surface area contributed by atoms with Crippen LogP contribution >= 0.6 is 11.8 Å². The van der Waals surface area contributed by atoms with E-state index in [9.17, 15) is 22.4 Å². The van der Waals surface area contributed by atoms with Gasteiger partial charge in [-0.1, -0.05) is 12.1 Å². The number of carboxylic acids is 1. The minimum Gasteiger partial charge on any atom is -0.480 e. The molecule has 0 saturated heterocycles. The Kier molecular flexibility index (Phi) is 5.91. The Hall–Kier alpha value is -1.28. The van der Waals surface area contributed by atoms with E-state index in [0.717, 1.165) is 42.9 Å². The van der Waals surface area contributed by atoms with Gasteiger partial charge in [0.15, 0.2) is 0 Å². The molecule has 128 valence electrons. The van der Waals surface area contributed by atoms with E-state index in [1.807, 2.05) is 0 Å². The van der Waals surface area contributed by atoms with Crippen LogP contribution in [0.15, 0.2) is 24.3 Å². The number of rotatable bonds is 8. The molecular formula is C15H17F4NO2S. The maximum Gasteiger partial charge on any atom is 0.407 e. The molecule has 0 aliphatic heterocycles. The molecule has 0 spiro atoms. The highest BCUT2D eigenvalue weighted by Crippen LogP contribution is 2.35. The van der Waals surface area contributed by atoms with Crippen molar-refractivity contribution in [3.63, 3.8) is 0 Å². The number of hydrogen-bond acceptors (Lipinski definition) is 3. The van der Waals surface area contributed by atoms with E-state index in [4.69, 9.17) is 5.11 Å². The third-order valence-electron chi connectivity index (χ3n) is 3.53. The van der Waals surface area contributed by atoms with Gasteiger partial charge in [0.05, 0.1) is 0 Å². The second-order valence-corrected chi connectivity index (χ2v) is 6.64. The molecule has 1 aromatic rings. The Balaban J connectivity index is 2.06. The highest BCUT2D eigenvalue weighted by Gasteiger charge is 2.42. The van der Waals surface area contributed by atoms with Crippen LogP contribution in [-0.4, -0.2) is 34.8 Å². The van der Waals surface area contributed by atoms with Gasteiger partial charge in [-0.15, -0.1) is 0 Å². The van der Waals surface area contributed by atoms with Gasteiger partial charge in [0, 0.05) is 5.75 Å². The van der Waals surface area contributed by atoms with Crippen LogP contribution in [0, 0.1) is 11.7 Å². The van der Waals surface area contributed by atoms with Crippen LogP contribution < -0.4 is 5.32 Å². The lowest BCUT2D eigenvalue weighted by molar-refractivity contribution is -0.162. The number of benzene rings is 1. The third kappa shape index (κ3) is 5.69. The van der Waals surface area contributed by atoms with Crippen molar-refractivity contribution in [2.45, 2.75) is 31.1 Å². The first-order chi connectivity index (χ1) is 10.8. The first-order valence-electron chi connectivity index (χ1n) is 7.16. The maximum absolute atomic E-state index is 13.2. The van der Waals surface area contributed by atoms with Gasteiger partial charge in [-0.2, -0.15) is 24.9 Å². The van der Waals surface area contributed by atoms with E-state index in [0.29, 0.717) is 5.92 Å². The van der Waals surface area contributed by atoms with Gasteiger partial charge in [0.1, 0.15) is 17.9 Å². The molecule has 1 aliphatic carbocycles. The predicted molar refractivity (Wildman–Crippen MR) is 79.8 cm³/mol. The molecule has 1 aromatic carbocycles. The Morgan fingerprint density at radius 1 is 1.30 bits per heavy atom. The van der Waals surface area contributed by atoms with Crippen LogP contribution in [0.3, 0.4) is 0 Å². The molecule has 0 heterocycles. The average molecular weight is 351 g/mol. The van der Waals surface area contributed by atoms with E-state index in [1.165, 1.54) is 11.8 Å². The summed E-state index contributed by atoms with van der Waals surface area (Å²) in [5, 5.41) is 11.3. The Morgan fingerprint density at radius 3 is 2.39 bits per heavy atom. The fourth-order valence-corrected chi connectivity index (χ4v) is 3.34. The number of nitrogens with one attached hydrogen (secondary N) is 1. The SMILES string of the molecule is O=C(O)[C@H](CSCC1CC1)NC(c1ccc(F)cc1)C(F)(F)F. The minimum atomic E-state index is -4.67. The molecule has 1 aliphatic rings. The van der Waals surface area contributed by atoms with Crippen LogP contribution in [0.2, 0.25) is 0 Å². The van der Waals surface area contributed by atoms with Gasteiger partial charge in [0.2, 0.25) is 0 Å². The molecule has 2 N–H and O–H groups in total. The molecule has 2 rings (SSSR count). The molecule has 1 unspecified atom stereocenters. The smallest absolute Gasteiger partial charge is 0.407 e. The molecule has 1 fully saturated rings. The summed E-state index contributed by atoms with van der Waals surface area (Å²) in [5.74, 6) is -0.600. The lowest BCUT2D eigenvalue weighted by atomic mass is 10.1. The molecular weight excluding hydrogens is 334 g/mol. The number of hydrogen-bond donors (Lipinski definition) is 2. The van der Waals surface area contributed by atoms with Crippen molar-refractivity contribution >= 4 is 17.7 Å². The van der Waals surface area contributed by atoms with Crippen molar-refractivity contribution in [2.75, 3.05) is 11.5 Å². The number of aliphatic carboxylic acids is 1. The number of carbonyl (C=O) groups is 1. The van der Waals surface area contributed by atoms with Crippen LogP contribution in [-0.2, 0) is 4.79 Å². The number of carboxylic acid groups (broad SMARTS) is 1. The van der Waals surface area contributed by atoms with Crippen molar-refractivity contribution in [3.8, 4) is 0 Å². The molecule has 0 radical (unpaired) electrons. The number of halogens is 4. The fourth-order valence-electron chi connectivity index (χ4n) is 2.06. The molecule has 8 heteroatoms. The monoisotopic (exact) mass is 351 g/mol. The van der Waals surface area contributed by atoms with E-state index in [-0.39, 0.29) is 11.3 Å². The first-order valence-corrected chi connectivity index (χ1v) is 8.31. The van der Waals surface area contributed by atoms with Gasteiger partial charge in [-0.3, -0.25) is 10.1 Å². The summed E-state index contributed by atoms with van der Waals surface area (Å²) in [7, 11) is 0. The summed E-state index contributed by atoms with van der Waals surface area (Å²) >= 11 is 1.34. The average Bonchev–Trinajstić information content (AvgIpc) is 3.26. The zero-order valence-electron chi connectivity index (χ0n) is 12.1. The molecule has 2 atom stereocenters. The highest BCUT2D eigenvalue weighted by atomic mass is 32.2. The van der Waals surface area contributed by atoms with Crippen molar-refractivity contribution in [3.05, 3.63) is 35.6 Å². The Bertz CT molecular complexity index is 531. The lowest BCUT2D eigenvalue weighted by Crippen LogP contribution is -2.46.